The molecule has 2 heteroatoms. The van der Waals surface area contributed by atoms with Crippen molar-refractivity contribution in [2.24, 2.45) is 11.8 Å². The summed E-state index contributed by atoms with van der Waals surface area (Å²) in [6.45, 7) is 4.95. The van der Waals surface area contributed by atoms with Gasteiger partial charge in [0.2, 0.25) is 0 Å². The summed E-state index contributed by atoms with van der Waals surface area (Å²) >= 11 is 0. The molecule has 0 radical (unpaired) electrons. The third-order valence-corrected chi connectivity index (χ3v) is 3.40. The van der Waals surface area contributed by atoms with E-state index in [-0.39, 0.29) is 0 Å². The molecule has 0 aliphatic heterocycles. The van der Waals surface area contributed by atoms with Crippen molar-refractivity contribution in [3.05, 3.63) is 0 Å². The average molecular weight is 216 g/mol. The lowest BCUT2D eigenvalue weighted by atomic mass is 9.96. The van der Waals surface area contributed by atoms with Crippen molar-refractivity contribution in [1.82, 2.24) is 0 Å². The van der Waals surface area contributed by atoms with Gasteiger partial charge in [-0.05, 0) is 24.7 Å². The van der Waals surface area contributed by atoms with Crippen LogP contribution in [0, 0.1) is 11.8 Å². The first-order valence-electron chi connectivity index (χ1n) is 6.50. The van der Waals surface area contributed by atoms with Gasteiger partial charge in [-0.2, -0.15) is 0 Å². The third kappa shape index (κ3) is 7.80. The van der Waals surface area contributed by atoms with Gasteiger partial charge in [-0.15, -0.1) is 0 Å². The topological polar surface area (TPSA) is 40.5 Å². The van der Waals surface area contributed by atoms with Gasteiger partial charge < -0.3 is 10.2 Å². The molecule has 0 rings (SSSR count). The number of rotatable bonds is 10. The summed E-state index contributed by atoms with van der Waals surface area (Å²) in [4.78, 5) is 0. The molecule has 15 heavy (non-hydrogen) atoms. The summed E-state index contributed by atoms with van der Waals surface area (Å²) < 4.78 is 0. The molecule has 0 fully saturated rings. The largest absolute Gasteiger partial charge is 0.396 e. The Bertz CT molecular complexity index is 104. The Labute approximate surface area is 94.7 Å². The Morgan fingerprint density at radius 1 is 0.733 bits per heavy atom. The predicted molar refractivity (Wildman–Crippen MR) is 64.8 cm³/mol. The van der Waals surface area contributed by atoms with E-state index in [9.17, 15) is 0 Å². The smallest absolute Gasteiger partial charge is 0.0459 e. The van der Waals surface area contributed by atoms with E-state index in [1.54, 1.807) is 0 Å². The summed E-state index contributed by atoms with van der Waals surface area (Å²) in [5.41, 5.74) is 0. The maximum Gasteiger partial charge on any atom is 0.0459 e. The Kier molecular flexibility index (Phi) is 10.4. The van der Waals surface area contributed by atoms with Crippen LogP contribution in [-0.4, -0.2) is 23.4 Å². The summed E-state index contributed by atoms with van der Waals surface area (Å²) in [5.74, 6) is 1.01. The highest BCUT2D eigenvalue weighted by Gasteiger charge is 2.06. The molecule has 2 N–H and O–H groups in total. The summed E-state index contributed by atoms with van der Waals surface area (Å²) in [7, 11) is 0. The molecule has 0 amide bonds. The standard InChI is InChI=1S/C13H28O2/c1-3-12(10-14)8-6-5-7-9-13(4-2)11-15/h12-15H,3-11H2,1-2H3. The normalized spacial score (nSPS) is 15.2. The van der Waals surface area contributed by atoms with Gasteiger partial charge in [0.05, 0.1) is 0 Å². The van der Waals surface area contributed by atoms with Gasteiger partial charge in [-0.1, -0.05) is 46.0 Å². The van der Waals surface area contributed by atoms with E-state index in [4.69, 9.17) is 10.2 Å². The zero-order valence-corrected chi connectivity index (χ0v) is 10.4. The zero-order valence-electron chi connectivity index (χ0n) is 10.4. The number of aliphatic hydroxyl groups is 2. The summed E-state index contributed by atoms with van der Waals surface area (Å²) in [6, 6.07) is 0. The molecule has 0 saturated carbocycles. The van der Waals surface area contributed by atoms with Gasteiger partial charge in [0.1, 0.15) is 0 Å². The minimum atomic E-state index is 0.338. The summed E-state index contributed by atoms with van der Waals surface area (Å²) in [5, 5.41) is 18.0. The minimum Gasteiger partial charge on any atom is -0.396 e. The van der Waals surface area contributed by atoms with Crippen molar-refractivity contribution in [3.8, 4) is 0 Å². The second-order valence-corrected chi connectivity index (χ2v) is 4.55. The highest BCUT2D eigenvalue weighted by molar-refractivity contribution is 4.58. The molecular formula is C13H28O2. The fraction of sp³-hybridized carbons (Fsp3) is 1.00. The fourth-order valence-electron chi connectivity index (χ4n) is 1.89. The second kappa shape index (κ2) is 10.4. The Hall–Kier alpha value is -0.0800. The van der Waals surface area contributed by atoms with Crippen LogP contribution in [0.4, 0.5) is 0 Å². The van der Waals surface area contributed by atoms with Crippen LogP contribution >= 0.6 is 0 Å². The average Bonchev–Trinajstić information content (AvgIpc) is 2.29. The maximum absolute atomic E-state index is 9.01. The minimum absolute atomic E-state index is 0.338. The van der Waals surface area contributed by atoms with Crippen LogP contribution < -0.4 is 0 Å². The molecule has 0 aromatic carbocycles. The number of unbranched alkanes of at least 4 members (excludes halogenated alkanes) is 2. The lowest BCUT2D eigenvalue weighted by Crippen LogP contribution is -2.05. The van der Waals surface area contributed by atoms with Gasteiger partial charge in [0.25, 0.3) is 0 Å². The van der Waals surface area contributed by atoms with Crippen LogP contribution in [0.1, 0.15) is 58.8 Å². The van der Waals surface area contributed by atoms with Crippen molar-refractivity contribution in [1.29, 1.82) is 0 Å². The van der Waals surface area contributed by atoms with Gasteiger partial charge in [-0.3, -0.25) is 0 Å². The molecule has 0 aliphatic rings. The molecule has 0 aliphatic carbocycles. The van der Waals surface area contributed by atoms with E-state index in [1.807, 2.05) is 0 Å². The molecule has 2 atom stereocenters. The van der Waals surface area contributed by atoms with Gasteiger partial charge in [0.15, 0.2) is 0 Å². The van der Waals surface area contributed by atoms with E-state index in [0.29, 0.717) is 25.0 Å². The van der Waals surface area contributed by atoms with Crippen molar-refractivity contribution >= 4 is 0 Å². The summed E-state index contributed by atoms with van der Waals surface area (Å²) in [6.07, 6.45) is 8.18. The van der Waals surface area contributed by atoms with Crippen LogP contribution in [0.15, 0.2) is 0 Å². The number of hydrogen-bond acceptors (Lipinski definition) is 2. The molecule has 0 aromatic heterocycles. The van der Waals surface area contributed by atoms with Crippen LogP contribution in [0.25, 0.3) is 0 Å². The number of hydrogen-bond donors (Lipinski definition) is 2. The van der Waals surface area contributed by atoms with Crippen LogP contribution in [0.3, 0.4) is 0 Å². The molecule has 2 nitrogen and oxygen atoms in total. The van der Waals surface area contributed by atoms with Gasteiger partial charge >= 0.3 is 0 Å². The first-order chi connectivity index (χ1) is 7.28. The SMILES string of the molecule is CCC(CO)CCCCCC(CC)CO. The molecular weight excluding hydrogens is 188 g/mol. The van der Waals surface area contributed by atoms with Crippen molar-refractivity contribution in [2.75, 3.05) is 13.2 Å². The molecule has 92 valence electrons. The van der Waals surface area contributed by atoms with Crippen LogP contribution in [0.2, 0.25) is 0 Å². The third-order valence-electron chi connectivity index (χ3n) is 3.40. The van der Waals surface area contributed by atoms with E-state index in [1.165, 1.54) is 19.3 Å². The first kappa shape index (κ1) is 14.9. The highest BCUT2D eigenvalue weighted by atomic mass is 16.3. The quantitative estimate of drug-likeness (QED) is 0.551. The molecule has 0 aromatic rings. The Morgan fingerprint density at radius 2 is 1.13 bits per heavy atom. The van der Waals surface area contributed by atoms with Gasteiger partial charge in [0, 0.05) is 13.2 Å². The predicted octanol–water partition coefficient (Wildman–Crippen LogP) is 2.97. The monoisotopic (exact) mass is 216 g/mol. The molecule has 2 unspecified atom stereocenters. The maximum atomic E-state index is 9.01. The van der Waals surface area contributed by atoms with E-state index < -0.39 is 0 Å². The van der Waals surface area contributed by atoms with Crippen LogP contribution in [-0.2, 0) is 0 Å². The fourth-order valence-corrected chi connectivity index (χ4v) is 1.89. The molecule has 0 bridgehead atoms. The highest BCUT2D eigenvalue weighted by Crippen LogP contribution is 2.16. The molecule has 0 spiro atoms. The Balaban J connectivity index is 3.30. The van der Waals surface area contributed by atoms with Crippen LogP contribution in [0.5, 0.6) is 0 Å². The number of aliphatic hydroxyl groups excluding tert-OH is 2. The molecule has 0 saturated heterocycles. The van der Waals surface area contributed by atoms with E-state index in [2.05, 4.69) is 13.8 Å². The van der Waals surface area contributed by atoms with Crippen molar-refractivity contribution in [3.63, 3.8) is 0 Å². The Morgan fingerprint density at radius 3 is 1.40 bits per heavy atom. The lowest BCUT2D eigenvalue weighted by molar-refractivity contribution is 0.205. The zero-order chi connectivity index (χ0) is 11.5. The van der Waals surface area contributed by atoms with E-state index in [0.717, 1.165) is 25.7 Å². The van der Waals surface area contributed by atoms with E-state index >= 15 is 0 Å². The van der Waals surface area contributed by atoms with Crippen molar-refractivity contribution < 1.29 is 10.2 Å². The first-order valence-corrected chi connectivity index (χ1v) is 6.50. The lowest BCUT2D eigenvalue weighted by Gasteiger charge is -2.12. The molecule has 0 heterocycles. The second-order valence-electron chi connectivity index (χ2n) is 4.55. The van der Waals surface area contributed by atoms with Gasteiger partial charge in [-0.25, -0.2) is 0 Å². The van der Waals surface area contributed by atoms with Crippen molar-refractivity contribution in [2.45, 2.75) is 58.8 Å².